The first-order chi connectivity index (χ1) is 11.1. The molecule has 0 aliphatic carbocycles. The number of amides is 1. The van der Waals surface area contributed by atoms with Gasteiger partial charge in [0.2, 0.25) is 0 Å². The molecule has 3 rings (SSSR count). The first kappa shape index (κ1) is 14.9. The van der Waals surface area contributed by atoms with Crippen molar-refractivity contribution in [1.82, 2.24) is 4.98 Å². The third kappa shape index (κ3) is 3.43. The van der Waals surface area contributed by atoms with Gasteiger partial charge in [-0.15, -0.1) is 0 Å². The number of aromatic nitrogens is 1. The fraction of sp³-hybridized carbons (Fsp3) is 0.0526. The molecule has 23 heavy (non-hydrogen) atoms. The molecule has 114 valence electrons. The van der Waals surface area contributed by atoms with Gasteiger partial charge >= 0.3 is 0 Å². The summed E-state index contributed by atoms with van der Waals surface area (Å²) in [6, 6.07) is 17.2. The molecule has 3 aromatic rings. The van der Waals surface area contributed by atoms with E-state index in [1.54, 1.807) is 30.3 Å². The second-order valence-corrected chi connectivity index (χ2v) is 5.24. The number of pyridine rings is 1. The van der Waals surface area contributed by atoms with E-state index in [2.05, 4.69) is 10.3 Å². The molecule has 4 heteroatoms. The predicted molar refractivity (Wildman–Crippen MR) is 88.8 cm³/mol. The van der Waals surface area contributed by atoms with Gasteiger partial charge in [-0.3, -0.25) is 9.78 Å². The Hall–Kier alpha value is -3.01. The van der Waals surface area contributed by atoms with Crippen LogP contribution in [0.1, 0.15) is 15.9 Å². The number of hydrogen-bond donors (Lipinski definition) is 1. The summed E-state index contributed by atoms with van der Waals surface area (Å²) in [4.78, 5) is 16.4. The molecular weight excluding hydrogens is 291 g/mol. The van der Waals surface area contributed by atoms with Gasteiger partial charge in [-0.2, -0.15) is 0 Å². The zero-order chi connectivity index (χ0) is 16.2. The molecule has 0 bridgehead atoms. The Morgan fingerprint density at radius 3 is 2.57 bits per heavy atom. The lowest BCUT2D eigenvalue weighted by molar-refractivity contribution is 0.102. The maximum Gasteiger partial charge on any atom is 0.257 e. The number of anilines is 1. The lowest BCUT2D eigenvalue weighted by atomic mass is 10.1. The van der Waals surface area contributed by atoms with Crippen LogP contribution in [-0.4, -0.2) is 10.9 Å². The van der Waals surface area contributed by atoms with E-state index < -0.39 is 0 Å². The number of carbonyl (C=O) groups is 1. The number of halogens is 1. The molecule has 0 fully saturated rings. The van der Waals surface area contributed by atoms with E-state index in [4.69, 9.17) is 0 Å². The largest absolute Gasteiger partial charge is 0.322 e. The summed E-state index contributed by atoms with van der Waals surface area (Å²) in [7, 11) is 0. The van der Waals surface area contributed by atoms with Crippen LogP contribution in [-0.2, 0) is 0 Å². The molecule has 1 N–H and O–H groups in total. The van der Waals surface area contributed by atoms with E-state index in [-0.39, 0.29) is 11.7 Å². The number of benzene rings is 2. The van der Waals surface area contributed by atoms with Gasteiger partial charge in [-0.25, -0.2) is 4.39 Å². The highest BCUT2D eigenvalue weighted by molar-refractivity contribution is 6.04. The van der Waals surface area contributed by atoms with Crippen molar-refractivity contribution in [3.63, 3.8) is 0 Å². The van der Waals surface area contributed by atoms with Gasteiger partial charge in [-0.05, 0) is 48.9 Å². The first-order valence-electron chi connectivity index (χ1n) is 7.22. The quantitative estimate of drug-likeness (QED) is 0.777. The minimum absolute atomic E-state index is 0.247. The van der Waals surface area contributed by atoms with Crippen LogP contribution in [0.3, 0.4) is 0 Å². The average Bonchev–Trinajstić information content (AvgIpc) is 2.55. The second-order valence-electron chi connectivity index (χ2n) is 5.24. The van der Waals surface area contributed by atoms with Crippen LogP contribution in [0.15, 0.2) is 66.9 Å². The van der Waals surface area contributed by atoms with Crippen molar-refractivity contribution in [3.05, 3.63) is 83.8 Å². The van der Waals surface area contributed by atoms with E-state index in [9.17, 15) is 9.18 Å². The number of hydrogen-bond acceptors (Lipinski definition) is 2. The molecule has 2 aromatic carbocycles. The van der Waals surface area contributed by atoms with Gasteiger partial charge in [0.15, 0.2) is 0 Å². The van der Waals surface area contributed by atoms with Crippen LogP contribution in [0.4, 0.5) is 10.1 Å². The van der Waals surface area contributed by atoms with Crippen molar-refractivity contribution < 1.29 is 9.18 Å². The van der Waals surface area contributed by atoms with Crippen molar-refractivity contribution in [1.29, 1.82) is 0 Å². The van der Waals surface area contributed by atoms with Crippen molar-refractivity contribution in [2.75, 3.05) is 5.32 Å². The third-order valence-electron chi connectivity index (χ3n) is 3.45. The summed E-state index contributed by atoms with van der Waals surface area (Å²) < 4.78 is 13.7. The van der Waals surface area contributed by atoms with E-state index in [1.807, 2.05) is 31.2 Å². The second kappa shape index (κ2) is 6.40. The summed E-state index contributed by atoms with van der Waals surface area (Å²) in [6.07, 6.45) is 1.45. The van der Waals surface area contributed by atoms with Gasteiger partial charge in [0.05, 0.1) is 11.3 Å². The van der Waals surface area contributed by atoms with Gasteiger partial charge in [-0.1, -0.05) is 24.3 Å². The molecule has 0 spiro atoms. The Kier molecular flexibility index (Phi) is 4.15. The normalized spacial score (nSPS) is 10.3. The minimum atomic E-state index is -0.336. The van der Waals surface area contributed by atoms with E-state index in [1.165, 1.54) is 12.3 Å². The number of aryl methyl sites for hydroxylation is 1. The molecule has 0 unspecified atom stereocenters. The third-order valence-corrected chi connectivity index (χ3v) is 3.45. The summed E-state index contributed by atoms with van der Waals surface area (Å²) >= 11 is 0. The van der Waals surface area contributed by atoms with Crippen molar-refractivity contribution >= 4 is 11.6 Å². The van der Waals surface area contributed by atoms with Gasteiger partial charge < -0.3 is 5.32 Å². The Morgan fingerprint density at radius 1 is 1.04 bits per heavy atom. The predicted octanol–water partition coefficient (Wildman–Crippen LogP) is 4.45. The Bertz CT molecular complexity index is 844. The SMILES string of the molecule is Cc1cccc(NC(=O)c2ccc(-c3ccccc3F)nc2)c1. The molecule has 0 radical (unpaired) electrons. The smallest absolute Gasteiger partial charge is 0.257 e. The van der Waals surface area contributed by atoms with Crippen molar-refractivity contribution in [2.24, 2.45) is 0 Å². The fourth-order valence-electron chi connectivity index (χ4n) is 2.28. The van der Waals surface area contributed by atoms with Crippen LogP contribution in [0, 0.1) is 12.7 Å². The van der Waals surface area contributed by atoms with Gasteiger partial charge in [0, 0.05) is 17.4 Å². The molecular formula is C19H15FN2O. The molecule has 0 saturated carbocycles. The van der Waals surface area contributed by atoms with Crippen molar-refractivity contribution in [2.45, 2.75) is 6.92 Å². The maximum absolute atomic E-state index is 13.7. The molecule has 1 amide bonds. The number of nitrogens with one attached hydrogen (secondary N) is 1. The van der Waals surface area contributed by atoms with E-state index >= 15 is 0 Å². The summed E-state index contributed by atoms with van der Waals surface area (Å²) in [6.45, 7) is 1.96. The molecule has 0 saturated heterocycles. The minimum Gasteiger partial charge on any atom is -0.322 e. The average molecular weight is 306 g/mol. The fourth-order valence-corrected chi connectivity index (χ4v) is 2.28. The van der Waals surface area contributed by atoms with Gasteiger partial charge in [0.25, 0.3) is 5.91 Å². The number of nitrogens with zero attached hydrogens (tertiary/aromatic N) is 1. The van der Waals surface area contributed by atoms with Crippen LogP contribution in [0.25, 0.3) is 11.3 Å². The molecule has 0 aliphatic heterocycles. The molecule has 0 aliphatic rings. The van der Waals surface area contributed by atoms with E-state index in [0.717, 1.165) is 11.3 Å². The number of carbonyl (C=O) groups excluding carboxylic acids is 1. The van der Waals surface area contributed by atoms with Crippen LogP contribution in [0.5, 0.6) is 0 Å². The van der Waals surface area contributed by atoms with Crippen LogP contribution >= 0.6 is 0 Å². The maximum atomic E-state index is 13.7. The summed E-state index contributed by atoms with van der Waals surface area (Å²) in [5.74, 6) is -0.583. The Balaban J connectivity index is 1.79. The highest BCUT2D eigenvalue weighted by Crippen LogP contribution is 2.20. The summed E-state index contributed by atoms with van der Waals surface area (Å²) in [5.41, 5.74) is 3.13. The standard InChI is InChI=1S/C19H15FN2O/c1-13-5-4-6-15(11-13)22-19(23)14-9-10-18(21-12-14)16-7-2-3-8-17(16)20/h2-12H,1H3,(H,22,23). The Labute approximate surface area is 133 Å². The molecule has 3 nitrogen and oxygen atoms in total. The lowest BCUT2D eigenvalue weighted by Gasteiger charge is -2.07. The van der Waals surface area contributed by atoms with Crippen molar-refractivity contribution in [3.8, 4) is 11.3 Å². The van der Waals surface area contributed by atoms with Gasteiger partial charge in [0.1, 0.15) is 5.82 Å². The highest BCUT2D eigenvalue weighted by Gasteiger charge is 2.09. The topological polar surface area (TPSA) is 42.0 Å². The van der Waals surface area contributed by atoms with E-state index in [0.29, 0.717) is 16.8 Å². The van der Waals surface area contributed by atoms with Crippen LogP contribution < -0.4 is 5.32 Å². The lowest BCUT2D eigenvalue weighted by Crippen LogP contribution is -2.12. The molecule has 0 atom stereocenters. The highest BCUT2D eigenvalue weighted by atomic mass is 19.1. The zero-order valence-corrected chi connectivity index (χ0v) is 12.6. The first-order valence-corrected chi connectivity index (χ1v) is 7.22. The molecule has 1 aromatic heterocycles. The Morgan fingerprint density at radius 2 is 1.87 bits per heavy atom. The number of rotatable bonds is 3. The zero-order valence-electron chi connectivity index (χ0n) is 12.6. The summed E-state index contributed by atoms with van der Waals surface area (Å²) in [5, 5.41) is 2.82. The molecule has 1 heterocycles. The monoisotopic (exact) mass is 306 g/mol. The van der Waals surface area contributed by atoms with Crippen LogP contribution in [0.2, 0.25) is 0 Å².